The van der Waals surface area contributed by atoms with Gasteiger partial charge in [-0.15, -0.1) is 0 Å². The van der Waals surface area contributed by atoms with Crippen molar-refractivity contribution in [2.45, 2.75) is 45.8 Å². The number of anilines is 3. The molecule has 4 aromatic rings. The maximum atomic E-state index is 9.62. The average Bonchev–Trinajstić information content (AvgIpc) is 3.49. The smallest absolute Gasteiger partial charge is 0.0804 e. The second-order valence-corrected chi connectivity index (χ2v) is 11.6. The molecule has 45 heavy (non-hydrogen) atoms. The molecule has 1 aliphatic rings. The number of nitrogens with zero attached hydrogens (tertiary/aromatic N) is 3. The highest BCUT2D eigenvalue weighted by molar-refractivity contribution is 5.92. The molecule has 6 nitrogen and oxygen atoms in total. The van der Waals surface area contributed by atoms with E-state index < -0.39 is 6.04 Å². The standard InChI is InChI=1S/C39H48N6/c1-5-43(6-2)32-24-19-29(20-25-32)21-28-35-36(38(41)37(40)30-15-11-9-12-16-30)39(45(42-35)34-17-13-10-14-18-34)31-22-26-33(27-23-31)44(7-3)8-4/h9-28,35-37,39,41-42H,5-8,40H2,1-4H3. The molecule has 4 unspecified atom stereocenters. The number of benzene rings is 4. The molecular formula is C39H48N6. The summed E-state index contributed by atoms with van der Waals surface area (Å²) < 4.78 is 0. The van der Waals surface area contributed by atoms with Crippen molar-refractivity contribution in [1.82, 2.24) is 5.43 Å². The van der Waals surface area contributed by atoms with E-state index in [0.29, 0.717) is 5.71 Å². The number of rotatable bonds is 13. The van der Waals surface area contributed by atoms with Gasteiger partial charge in [-0.05, 0) is 80.8 Å². The molecule has 1 heterocycles. The molecule has 1 fully saturated rings. The van der Waals surface area contributed by atoms with Gasteiger partial charge in [-0.3, -0.25) is 5.01 Å². The number of hydrazine groups is 1. The van der Waals surface area contributed by atoms with E-state index in [1.54, 1.807) is 0 Å². The van der Waals surface area contributed by atoms with Crippen molar-refractivity contribution in [2.75, 3.05) is 41.0 Å². The van der Waals surface area contributed by atoms with E-state index in [-0.39, 0.29) is 18.0 Å². The van der Waals surface area contributed by atoms with Crippen LogP contribution in [0, 0.1) is 11.3 Å². The Labute approximate surface area is 269 Å². The number of hydrogen-bond donors (Lipinski definition) is 3. The third kappa shape index (κ3) is 7.14. The highest BCUT2D eigenvalue weighted by atomic mass is 15.6. The van der Waals surface area contributed by atoms with Crippen LogP contribution in [0.5, 0.6) is 0 Å². The molecule has 234 valence electrons. The molecule has 0 radical (unpaired) electrons. The minimum Gasteiger partial charge on any atom is -0.372 e. The highest BCUT2D eigenvalue weighted by Gasteiger charge is 2.45. The fourth-order valence-electron chi connectivity index (χ4n) is 6.50. The van der Waals surface area contributed by atoms with Crippen LogP contribution >= 0.6 is 0 Å². The first kappa shape index (κ1) is 32.0. The van der Waals surface area contributed by atoms with Crippen LogP contribution in [-0.2, 0) is 0 Å². The molecule has 0 aromatic heterocycles. The van der Waals surface area contributed by atoms with Crippen LogP contribution in [0.2, 0.25) is 0 Å². The van der Waals surface area contributed by atoms with E-state index in [1.807, 2.05) is 36.4 Å². The Balaban J connectivity index is 1.56. The maximum absolute atomic E-state index is 9.62. The molecule has 6 heteroatoms. The van der Waals surface area contributed by atoms with Gasteiger partial charge in [-0.1, -0.05) is 84.9 Å². The molecule has 1 saturated heterocycles. The van der Waals surface area contributed by atoms with Gasteiger partial charge in [0.25, 0.3) is 0 Å². The Bertz CT molecular complexity index is 1510. The first-order valence-electron chi connectivity index (χ1n) is 16.4. The molecule has 4 atom stereocenters. The van der Waals surface area contributed by atoms with Crippen LogP contribution < -0.4 is 26.0 Å². The van der Waals surface area contributed by atoms with Crippen LogP contribution in [0.4, 0.5) is 17.1 Å². The van der Waals surface area contributed by atoms with Gasteiger partial charge < -0.3 is 20.9 Å². The van der Waals surface area contributed by atoms with Crippen LogP contribution in [0.15, 0.2) is 115 Å². The summed E-state index contributed by atoms with van der Waals surface area (Å²) in [7, 11) is 0. The van der Waals surface area contributed by atoms with Crippen LogP contribution in [0.1, 0.15) is 56.5 Å². The van der Waals surface area contributed by atoms with Crippen molar-refractivity contribution in [3.05, 3.63) is 132 Å². The van der Waals surface area contributed by atoms with E-state index in [9.17, 15) is 5.41 Å². The van der Waals surface area contributed by atoms with Gasteiger partial charge in [0.2, 0.25) is 0 Å². The second-order valence-electron chi connectivity index (χ2n) is 11.6. The molecule has 4 N–H and O–H groups in total. The van der Waals surface area contributed by atoms with Gasteiger partial charge in [0.05, 0.1) is 23.8 Å². The molecule has 0 aliphatic carbocycles. The van der Waals surface area contributed by atoms with Crippen molar-refractivity contribution >= 4 is 28.8 Å². The zero-order valence-electron chi connectivity index (χ0n) is 27.1. The lowest BCUT2D eigenvalue weighted by Crippen LogP contribution is -2.37. The zero-order chi connectivity index (χ0) is 31.8. The van der Waals surface area contributed by atoms with E-state index in [0.717, 1.165) is 48.6 Å². The highest BCUT2D eigenvalue weighted by Crippen LogP contribution is 2.42. The third-order valence-corrected chi connectivity index (χ3v) is 9.06. The molecule has 0 spiro atoms. The third-order valence-electron chi connectivity index (χ3n) is 9.06. The fourth-order valence-corrected chi connectivity index (χ4v) is 6.50. The van der Waals surface area contributed by atoms with Crippen molar-refractivity contribution in [1.29, 1.82) is 5.41 Å². The van der Waals surface area contributed by atoms with Crippen LogP contribution in [-0.4, -0.2) is 37.9 Å². The Morgan fingerprint density at radius 1 is 0.756 bits per heavy atom. The lowest BCUT2D eigenvalue weighted by atomic mass is 9.80. The van der Waals surface area contributed by atoms with Crippen LogP contribution in [0.3, 0.4) is 0 Å². The SMILES string of the molecule is CCN(CC)c1ccc(C=CC2NN(c3ccccc3)C(c3ccc(N(CC)CC)cc3)C2C(=N)C(N)c2ccccc2)cc1. The summed E-state index contributed by atoms with van der Waals surface area (Å²) in [6, 6.07) is 37.2. The Morgan fingerprint density at radius 3 is 1.80 bits per heavy atom. The maximum Gasteiger partial charge on any atom is 0.0804 e. The Hall–Kier alpha value is -4.39. The van der Waals surface area contributed by atoms with Gasteiger partial charge in [-0.25, -0.2) is 5.43 Å². The van der Waals surface area contributed by atoms with Crippen molar-refractivity contribution < 1.29 is 0 Å². The van der Waals surface area contributed by atoms with Gasteiger partial charge in [0.1, 0.15) is 0 Å². The number of para-hydroxylation sites is 1. The summed E-state index contributed by atoms with van der Waals surface area (Å²) in [6.07, 6.45) is 4.39. The van der Waals surface area contributed by atoms with Gasteiger partial charge >= 0.3 is 0 Å². The first-order valence-corrected chi connectivity index (χ1v) is 16.4. The van der Waals surface area contributed by atoms with E-state index in [4.69, 9.17) is 5.73 Å². The van der Waals surface area contributed by atoms with Crippen molar-refractivity contribution in [3.8, 4) is 0 Å². The van der Waals surface area contributed by atoms with E-state index in [1.165, 1.54) is 11.4 Å². The summed E-state index contributed by atoms with van der Waals surface area (Å²) in [6.45, 7) is 12.6. The average molecular weight is 601 g/mol. The lowest BCUT2D eigenvalue weighted by Gasteiger charge is -2.31. The Kier molecular flexibility index (Phi) is 10.7. The molecule has 5 rings (SSSR count). The molecule has 0 bridgehead atoms. The number of hydrogen-bond acceptors (Lipinski definition) is 6. The zero-order valence-corrected chi connectivity index (χ0v) is 27.1. The summed E-state index contributed by atoms with van der Waals surface area (Å²) in [5.41, 5.74) is 17.9. The first-order chi connectivity index (χ1) is 22.0. The van der Waals surface area contributed by atoms with E-state index in [2.05, 4.69) is 133 Å². The summed E-state index contributed by atoms with van der Waals surface area (Å²) in [4.78, 5) is 4.70. The van der Waals surface area contributed by atoms with Gasteiger partial charge in [0.15, 0.2) is 0 Å². The topological polar surface area (TPSA) is 71.6 Å². The second kappa shape index (κ2) is 15.1. The van der Waals surface area contributed by atoms with Crippen LogP contribution in [0.25, 0.3) is 6.08 Å². The fraction of sp³-hybridized carbons (Fsp3) is 0.308. The minimum atomic E-state index is -0.518. The molecule has 0 amide bonds. The Morgan fingerprint density at radius 2 is 1.27 bits per heavy atom. The summed E-state index contributed by atoms with van der Waals surface area (Å²) >= 11 is 0. The van der Waals surface area contributed by atoms with Crippen molar-refractivity contribution in [2.24, 2.45) is 11.7 Å². The van der Waals surface area contributed by atoms with Crippen molar-refractivity contribution in [3.63, 3.8) is 0 Å². The molecule has 1 aliphatic heterocycles. The van der Waals surface area contributed by atoms with Gasteiger partial charge in [0, 0.05) is 49.2 Å². The monoisotopic (exact) mass is 600 g/mol. The quantitative estimate of drug-likeness (QED) is 0.136. The summed E-state index contributed by atoms with van der Waals surface area (Å²) in [5.74, 6) is -0.217. The predicted octanol–water partition coefficient (Wildman–Crippen LogP) is 7.86. The predicted molar refractivity (Wildman–Crippen MR) is 192 cm³/mol. The number of nitrogens with one attached hydrogen (secondary N) is 2. The normalized spacial score (nSPS) is 18.7. The molecular weight excluding hydrogens is 552 g/mol. The molecule has 0 saturated carbocycles. The minimum absolute atomic E-state index is 0.139. The lowest BCUT2D eigenvalue weighted by molar-refractivity contribution is 0.581. The van der Waals surface area contributed by atoms with E-state index >= 15 is 0 Å². The molecule has 4 aromatic carbocycles. The largest absolute Gasteiger partial charge is 0.372 e. The van der Waals surface area contributed by atoms with Gasteiger partial charge in [-0.2, -0.15) is 0 Å². The summed E-state index contributed by atoms with van der Waals surface area (Å²) in [5, 5.41) is 11.9. The number of nitrogens with two attached hydrogens (primary N) is 1.